The van der Waals surface area contributed by atoms with E-state index in [4.69, 9.17) is 10.8 Å². The zero-order chi connectivity index (χ0) is 11.1. The van der Waals surface area contributed by atoms with Gasteiger partial charge in [-0.2, -0.15) is 0 Å². The molecule has 0 heterocycles. The third-order valence-electron chi connectivity index (χ3n) is 4.03. The number of carbonyl (C=O) groups excluding carboxylic acids is 1. The molecule has 0 aliphatic heterocycles. The van der Waals surface area contributed by atoms with Gasteiger partial charge in [0, 0.05) is 11.6 Å². The summed E-state index contributed by atoms with van der Waals surface area (Å²) in [6.07, 6.45) is 4.58. The monoisotopic (exact) mass is 212 g/mol. The van der Waals surface area contributed by atoms with Crippen LogP contribution in [0.25, 0.3) is 0 Å². The van der Waals surface area contributed by atoms with Crippen molar-refractivity contribution in [2.75, 3.05) is 6.61 Å². The molecule has 2 aliphatic carbocycles. The molecule has 0 saturated heterocycles. The molecule has 0 aromatic rings. The van der Waals surface area contributed by atoms with Crippen LogP contribution in [0.15, 0.2) is 0 Å². The molecule has 2 rings (SSSR count). The summed E-state index contributed by atoms with van der Waals surface area (Å²) in [4.78, 5) is 12.1. The van der Waals surface area contributed by atoms with Crippen LogP contribution in [0.3, 0.4) is 0 Å². The van der Waals surface area contributed by atoms with Gasteiger partial charge in [-0.05, 0) is 39.0 Å². The Morgan fingerprint density at radius 3 is 2.47 bits per heavy atom. The van der Waals surface area contributed by atoms with E-state index in [0.29, 0.717) is 0 Å². The summed E-state index contributed by atoms with van der Waals surface area (Å²) in [6.45, 7) is 1.81. The Morgan fingerprint density at radius 2 is 2.07 bits per heavy atom. The minimum Gasteiger partial charge on any atom is -0.394 e. The van der Waals surface area contributed by atoms with Crippen LogP contribution in [-0.2, 0) is 4.79 Å². The molecule has 2 aliphatic rings. The van der Waals surface area contributed by atoms with Crippen LogP contribution in [-0.4, -0.2) is 29.2 Å². The van der Waals surface area contributed by atoms with E-state index < -0.39 is 0 Å². The van der Waals surface area contributed by atoms with Crippen molar-refractivity contribution in [2.45, 2.75) is 50.6 Å². The SMILES string of the molecule is C[C@@H](CO)NC(=O)C12CCC(N)(CC1)C2. The molecule has 2 fully saturated rings. The third kappa shape index (κ3) is 1.76. The van der Waals surface area contributed by atoms with Crippen molar-refractivity contribution in [3.8, 4) is 0 Å². The highest BCUT2D eigenvalue weighted by molar-refractivity contribution is 5.84. The molecular weight excluding hydrogens is 192 g/mol. The van der Waals surface area contributed by atoms with E-state index in [-0.39, 0.29) is 29.5 Å². The first-order chi connectivity index (χ1) is 7.00. The van der Waals surface area contributed by atoms with Crippen LogP contribution in [0.5, 0.6) is 0 Å². The molecular formula is C11H20N2O2. The highest BCUT2D eigenvalue weighted by Gasteiger charge is 2.56. The fourth-order valence-corrected chi connectivity index (χ4v) is 2.98. The maximum absolute atomic E-state index is 12.1. The van der Waals surface area contributed by atoms with Crippen LogP contribution in [0, 0.1) is 5.41 Å². The molecule has 4 N–H and O–H groups in total. The summed E-state index contributed by atoms with van der Waals surface area (Å²) >= 11 is 0. The van der Waals surface area contributed by atoms with Gasteiger partial charge in [-0.3, -0.25) is 4.79 Å². The minimum atomic E-state index is -0.224. The second kappa shape index (κ2) is 3.46. The van der Waals surface area contributed by atoms with E-state index in [0.717, 1.165) is 32.1 Å². The zero-order valence-electron chi connectivity index (χ0n) is 9.25. The number of nitrogens with two attached hydrogens (primary N) is 1. The maximum atomic E-state index is 12.1. The molecule has 86 valence electrons. The topological polar surface area (TPSA) is 75.3 Å². The number of hydrogen-bond donors (Lipinski definition) is 3. The van der Waals surface area contributed by atoms with Gasteiger partial charge >= 0.3 is 0 Å². The molecule has 4 heteroatoms. The highest BCUT2D eigenvalue weighted by Crippen LogP contribution is 2.55. The van der Waals surface area contributed by atoms with Crippen molar-refractivity contribution in [1.29, 1.82) is 0 Å². The molecule has 0 spiro atoms. The van der Waals surface area contributed by atoms with Crippen LogP contribution < -0.4 is 11.1 Å². The maximum Gasteiger partial charge on any atom is 0.226 e. The minimum absolute atomic E-state index is 0.00438. The zero-order valence-corrected chi connectivity index (χ0v) is 9.25. The van der Waals surface area contributed by atoms with Gasteiger partial charge in [0.05, 0.1) is 12.0 Å². The van der Waals surface area contributed by atoms with Crippen molar-refractivity contribution in [1.82, 2.24) is 5.32 Å². The number of rotatable bonds is 3. The lowest BCUT2D eigenvalue weighted by Gasteiger charge is -2.26. The van der Waals surface area contributed by atoms with Gasteiger partial charge in [0.15, 0.2) is 0 Å². The fourth-order valence-electron chi connectivity index (χ4n) is 2.98. The molecule has 1 amide bonds. The van der Waals surface area contributed by atoms with Crippen LogP contribution >= 0.6 is 0 Å². The highest BCUT2D eigenvalue weighted by atomic mass is 16.3. The van der Waals surface area contributed by atoms with E-state index >= 15 is 0 Å². The average Bonchev–Trinajstić information content (AvgIpc) is 2.72. The van der Waals surface area contributed by atoms with E-state index in [1.807, 2.05) is 6.92 Å². The summed E-state index contributed by atoms with van der Waals surface area (Å²) < 4.78 is 0. The molecule has 0 aromatic heterocycles. The van der Waals surface area contributed by atoms with Gasteiger partial charge in [0.1, 0.15) is 0 Å². The Balaban J connectivity index is 2.02. The Morgan fingerprint density at radius 1 is 1.47 bits per heavy atom. The van der Waals surface area contributed by atoms with Crippen molar-refractivity contribution in [3.05, 3.63) is 0 Å². The van der Waals surface area contributed by atoms with Crippen molar-refractivity contribution < 1.29 is 9.90 Å². The van der Waals surface area contributed by atoms with Gasteiger partial charge in [0.2, 0.25) is 5.91 Å². The van der Waals surface area contributed by atoms with E-state index in [9.17, 15) is 4.79 Å². The second-order valence-electron chi connectivity index (χ2n) is 5.38. The molecule has 15 heavy (non-hydrogen) atoms. The number of fused-ring (bicyclic) bond motifs is 2. The fraction of sp³-hybridized carbons (Fsp3) is 0.909. The molecule has 0 radical (unpaired) electrons. The second-order valence-corrected chi connectivity index (χ2v) is 5.38. The van der Waals surface area contributed by atoms with Crippen molar-refractivity contribution in [3.63, 3.8) is 0 Å². The molecule has 0 aromatic carbocycles. The van der Waals surface area contributed by atoms with Crippen LogP contribution in [0.1, 0.15) is 39.0 Å². The summed E-state index contributed by atoms with van der Waals surface area (Å²) in [5, 5.41) is 11.8. The quantitative estimate of drug-likeness (QED) is 0.623. The smallest absolute Gasteiger partial charge is 0.226 e. The average molecular weight is 212 g/mol. The van der Waals surface area contributed by atoms with Crippen molar-refractivity contribution in [2.24, 2.45) is 11.1 Å². The number of carbonyl (C=O) groups is 1. The first-order valence-corrected chi connectivity index (χ1v) is 5.70. The summed E-state index contributed by atoms with van der Waals surface area (Å²) in [5.74, 6) is 0.0916. The largest absolute Gasteiger partial charge is 0.394 e. The molecule has 0 unspecified atom stereocenters. The summed E-state index contributed by atoms with van der Waals surface area (Å²) in [5.41, 5.74) is 5.85. The normalized spacial score (nSPS) is 40.5. The molecule has 4 nitrogen and oxygen atoms in total. The lowest BCUT2D eigenvalue weighted by Crippen LogP contribution is -2.44. The van der Waals surface area contributed by atoms with E-state index in [1.54, 1.807) is 0 Å². The predicted octanol–water partition coefficient (Wildman–Crippen LogP) is 0.145. The molecule has 1 atom stereocenters. The van der Waals surface area contributed by atoms with E-state index in [2.05, 4.69) is 5.32 Å². The summed E-state index contributed by atoms with van der Waals surface area (Å²) in [6, 6.07) is -0.153. The number of aliphatic hydroxyl groups is 1. The first-order valence-electron chi connectivity index (χ1n) is 5.70. The van der Waals surface area contributed by atoms with Gasteiger partial charge in [0.25, 0.3) is 0 Å². The Kier molecular flexibility index (Phi) is 2.51. The Bertz CT molecular complexity index is 270. The Labute approximate surface area is 90.2 Å². The van der Waals surface area contributed by atoms with Crippen LogP contribution in [0.4, 0.5) is 0 Å². The van der Waals surface area contributed by atoms with Crippen molar-refractivity contribution >= 4 is 5.91 Å². The summed E-state index contributed by atoms with van der Waals surface area (Å²) in [7, 11) is 0. The van der Waals surface area contributed by atoms with Gasteiger partial charge in [-0.1, -0.05) is 0 Å². The number of nitrogens with one attached hydrogen (secondary N) is 1. The molecule has 2 saturated carbocycles. The lowest BCUT2D eigenvalue weighted by atomic mass is 9.83. The number of amides is 1. The molecule has 2 bridgehead atoms. The predicted molar refractivity (Wildman–Crippen MR) is 57.1 cm³/mol. The first kappa shape index (κ1) is 10.9. The number of hydrogen-bond acceptors (Lipinski definition) is 3. The number of aliphatic hydroxyl groups excluding tert-OH is 1. The van der Waals surface area contributed by atoms with Gasteiger partial charge in [-0.15, -0.1) is 0 Å². The van der Waals surface area contributed by atoms with Gasteiger partial charge < -0.3 is 16.2 Å². The van der Waals surface area contributed by atoms with Crippen LogP contribution in [0.2, 0.25) is 0 Å². The van der Waals surface area contributed by atoms with E-state index in [1.165, 1.54) is 0 Å². The lowest BCUT2D eigenvalue weighted by molar-refractivity contribution is -0.131. The standard InChI is InChI=1S/C11H20N2O2/c1-8(6-14)13-9(15)10-2-4-11(12,7-10)5-3-10/h8,14H,2-7,12H2,1H3,(H,13,15)/t8-,10?,11?/m0/s1. The Hall–Kier alpha value is -0.610. The van der Waals surface area contributed by atoms with Gasteiger partial charge in [-0.25, -0.2) is 0 Å². The third-order valence-corrected chi connectivity index (χ3v) is 4.03.